The lowest BCUT2D eigenvalue weighted by atomic mass is 10.1. The van der Waals surface area contributed by atoms with E-state index in [4.69, 9.17) is 4.55 Å². The molecule has 1 aliphatic rings. The molecule has 0 radical (unpaired) electrons. The summed E-state index contributed by atoms with van der Waals surface area (Å²) in [5, 5.41) is 2.68. The van der Waals surface area contributed by atoms with Crippen molar-refractivity contribution >= 4 is 10.1 Å². The molecule has 0 amide bonds. The van der Waals surface area contributed by atoms with Crippen LogP contribution in [0.3, 0.4) is 0 Å². The molecule has 0 heterocycles. The van der Waals surface area contributed by atoms with Crippen LogP contribution in [0, 0.1) is 0 Å². The van der Waals surface area contributed by atoms with Crippen LogP contribution in [0.25, 0.3) is 0 Å². The summed E-state index contributed by atoms with van der Waals surface area (Å²) in [4.78, 5) is 0. The van der Waals surface area contributed by atoms with Crippen molar-refractivity contribution in [3.63, 3.8) is 0 Å². The molecule has 2 N–H and O–H groups in total. The standard InChI is InChI=1S/C12H15F2NO3S/c13-12(14,8-19(16,17)18)7-15-11-6-5-9-3-1-2-4-10(9)11/h1-4,11,15H,5-8H2,(H,16,17,18)/t11-/m0/s1. The fraction of sp³-hybridized carbons (Fsp3) is 0.500. The molecule has 2 rings (SSSR count). The average molecular weight is 291 g/mol. The molecule has 1 aromatic rings. The van der Waals surface area contributed by atoms with Gasteiger partial charge in [-0.25, -0.2) is 8.78 Å². The van der Waals surface area contributed by atoms with Crippen LogP contribution >= 0.6 is 0 Å². The van der Waals surface area contributed by atoms with Gasteiger partial charge in [-0.3, -0.25) is 4.55 Å². The van der Waals surface area contributed by atoms with Crippen LogP contribution < -0.4 is 5.32 Å². The van der Waals surface area contributed by atoms with Crippen LogP contribution in [0.5, 0.6) is 0 Å². The Morgan fingerprint density at radius 2 is 2.05 bits per heavy atom. The molecule has 1 aliphatic carbocycles. The van der Waals surface area contributed by atoms with Gasteiger partial charge >= 0.3 is 0 Å². The highest BCUT2D eigenvalue weighted by Gasteiger charge is 2.36. The molecule has 0 saturated heterocycles. The van der Waals surface area contributed by atoms with Gasteiger partial charge in [0.25, 0.3) is 16.0 Å². The van der Waals surface area contributed by atoms with Gasteiger partial charge < -0.3 is 5.32 Å². The van der Waals surface area contributed by atoms with Gasteiger partial charge in [0.15, 0.2) is 0 Å². The Kier molecular flexibility index (Phi) is 3.89. The summed E-state index contributed by atoms with van der Waals surface area (Å²) < 4.78 is 56.1. The summed E-state index contributed by atoms with van der Waals surface area (Å²) in [5.41, 5.74) is 2.10. The Bertz CT molecular complexity index is 560. The highest BCUT2D eigenvalue weighted by molar-refractivity contribution is 7.85. The molecular weight excluding hydrogens is 276 g/mol. The molecule has 7 heteroatoms. The molecule has 0 saturated carbocycles. The van der Waals surface area contributed by atoms with Gasteiger partial charge in [-0.1, -0.05) is 24.3 Å². The van der Waals surface area contributed by atoms with Crippen LogP contribution in [0.2, 0.25) is 0 Å². The maximum Gasteiger partial charge on any atom is 0.276 e. The second-order valence-electron chi connectivity index (χ2n) is 4.75. The van der Waals surface area contributed by atoms with E-state index in [-0.39, 0.29) is 6.04 Å². The summed E-state index contributed by atoms with van der Waals surface area (Å²) in [6, 6.07) is 7.38. The number of nitrogens with one attached hydrogen (secondary N) is 1. The number of hydrogen-bond donors (Lipinski definition) is 2. The third-order valence-electron chi connectivity index (χ3n) is 3.13. The van der Waals surface area contributed by atoms with Gasteiger partial charge in [0.1, 0.15) is 5.75 Å². The van der Waals surface area contributed by atoms with Crippen molar-refractivity contribution in [2.75, 3.05) is 12.3 Å². The largest absolute Gasteiger partial charge is 0.304 e. The minimum atomic E-state index is -4.68. The van der Waals surface area contributed by atoms with E-state index >= 15 is 0 Å². The highest BCUT2D eigenvalue weighted by atomic mass is 32.2. The molecule has 1 atom stereocenters. The molecule has 106 valence electrons. The SMILES string of the molecule is O=S(=O)(O)CC(F)(F)CN[C@H]1CCc2ccccc21. The maximum atomic E-state index is 13.3. The lowest BCUT2D eigenvalue weighted by molar-refractivity contribution is 0.0221. The van der Waals surface area contributed by atoms with Gasteiger partial charge in [-0.05, 0) is 24.0 Å². The molecule has 0 fully saturated rings. The molecule has 0 bridgehead atoms. The van der Waals surface area contributed by atoms with Crippen molar-refractivity contribution in [3.05, 3.63) is 35.4 Å². The topological polar surface area (TPSA) is 66.4 Å². The number of fused-ring (bicyclic) bond motifs is 1. The Balaban J connectivity index is 1.97. The average Bonchev–Trinajstić information content (AvgIpc) is 2.66. The lowest BCUT2D eigenvalue weighted by Gasteiger charge is -2.19. The zero-order valence-corrected chi connectivity index (χ0v) is 11.0. The predicted molar refractivity (Wildman–Crippen MR) is 66.9 cm³/mol. The molecule has 0 spiro atoms. The molecule has 0 aromatic heterocycles. The third-order valence-corrected chi connectivity index (χ3v) is 3.92. The van der Waals surface area contributed by atoms with E-state index in [1.54, 1.807) is 0 Å². The summed E-state index contributed by atoms with van der Waals surface area (Å²) >= 11 is 0. The van der Waals surface area contributed by atoms with Crippen molar-refractivity contribution in [2.45, 2.75) is 24.8 Å². The Morgan fingerprint density at radius 1 is 1.37 bits per heavy atom. The molecule has 4 nitrogen and oxygen atoms in total. The quantitative estimate of drug-likeness (QED) is 0.812. The lowest BCUT2D eigenvalue weighted by Crippen LogP contribution is -2.39. The first-order valence-electron chi connectivity index (χ1n) is 5.91. The van der Waals surface area contributed by atoms with E-state index in [0.29, 0.717) is 6.42 Å². The van der Waals surface area contributed by atoms with E-state index in [1.165, 1.54) is 0 Å². The highest BCUT2D eigenvalue weighted by Crippen LogP contribution is 2.31. The zero-order chi connectivity index (χ0) is 14.1. The number of aryl methyl sites for hydroxylation is 1. The minimum absolute atomic E-state index is 0.191. The van der Waals surface area contributed by atoms with Crippen molar-refractivity contribution in [3.8, 4) is 0 Å². The first-order chi connectivity index (χ1) is 8.77. The Labute approximate surface area is 110 Å². The summed E-state index contributed by atoms with van der Waals surface area (Å²) in [5.74, 6) is -5.04. The number of halogens is 2. The second-order valence-corrected chi connectivity index (χ2v) is 6.21. The van der Waals surface area contributed by atoms with Crippen molar-refractivity contribution in [1.82, 2.24) is 5.32 Å². The Morgan fingerprint density at radius 3 is 2.74 bits per heavy atom. The van der Waals surface area contributed by atoms with E-state index in [1.807, 2.05) is 24.3 Å². The summed E-state index contributed by atoms with van der Waals surface area (Å²) in [6.45, 7) is -0.772. The van der Waals surface area contributed by atoms with Crippen molar-refractivity contribution < 1.29 is 21.8 Å². The fourth-order valence-corrected chi connectivity index (χ4v) is 3.00. The van der Waals surface area contributed by atoms with E-state index in [9.17, 15) is 17.2 Å². The number of benzene rings is 1. The smallest absolute Gasteiger partial charge is 0.276 e. The van der Waals surface area contributed by atoms with Crippen LogP contribution in [0.4, 0.5) is 8.78 Å². The zero-order valence-electron chi connectivity index (χ0n) is 10.1. The summed E-state index contributed by atoms with van der Waals surface area (Å²) in [6.07, 6.45) is 1.53. The van der Waals surface area contributed by atoms with Gasteiger partial charge in [0, 0.05) is 6.04 Å². The Hall–Kier alpha value is -1.05. The van der Waals surface area contributed by atoms with Crippen molar-refractivity contribution in [2.24, 2.45) is 0 Å². The van der Waals surface area contributed by atoms with Crippen LogP contribution in [0.15, 0.2) is 24.3 Å². The monoisotopic (exact) mass is 291 g/mol. The van der Waals surface area contributed by atoms with E-state index in [0.717, 1.165) is 17.5 Å². The van der Waals surface area contributed by atoms with Crippen LogP contribution in [-0.2, 0) is 16.5 Å². The number of hydrogen-bond acceptors (Lipinski definition) is 3. The normalized spacial score (nSPS) is 19.4. The molecule has 0 unspecified atom stereocenters. The first-order valence-corrected chi connectivity index (χ1v) is 7.52. The van der Waals surface area contributed by atoms with Gasteiger partial charge in [-0.2, -0.15) is 8.42 Å². The van der Waals surface area contributed by atoms with Crippen molar-refractivity contribution in [1.29, 1.82) is 0 Å². The van der Waals surface area contributed by atoms with Gasteiger partial charge in [0.2, 0.25) is 0 Å². The molecule has 1 aromatic carbocycles. The minimum Gasteiger partial charge on any atom is -0.304 e. The second kappa shape index (κ2) is 5.15. The number of rotatable bonds is 5. The first kappa shape index (κ1) is 14.4. The fourth-order valence-electron chi connectivity index (χ4n) is 2.36. The maximum absolute atomic E-state index is 13.3. The van der Waals surface area contributed by atoms with E-state index in [2.05, 4.69) is 5.32 Å². The summed E-state index contributed by atoms with van der Waals surface area (Å²) in [7, 11) is -4.68. The molecule has 0 aliphatic heterocycles. The van der Waals surface area contributed by atoms with Crippen LogP contribution in [-0.4, -0.2) is 31.2 Å². The van der Waals surface area contributed by atoms with Crippen LogP contribution in [0.1, 0.15) is 23.6 Å². The molecule has 19 heavy (non-hydrogen) atoms. The number of alkyl halides is 2. The third kappa shape index (κ3) is 3.95. The van der Waals surface area contributed by atoms with Gasteiger partial charge in [0.05, 0.1) is 6.54 Å². The predicted octanol–water partition coefficient (Wildman–Crippen LogP) is 1.79. The molecular formula is C12H15F2NO3S. The van der Waals surface area contributed by atoms with E-state index < -0.39 is 28.3 Å². The van der Waals surface area contributed by atoms with Gasteiger partial charge in [-0.15, -0.1) is 0 Å².